The zero-order valence-electron chi connectivity index (χ0n) is 10.7. The third-order valence-corrected chi connectivity index (χ3v) is 3.00. The number of carbonyl (C=O) groups is 2. The van der Waals surface area contributed by atoms with Gasteiger partial charge < -0.3 is 24.8 Å². The maximum absolute atomic E-state index is 12.4. The SMILES string of the molecule is O=C(c1ccccc1)N(C(=O)c1ccccc1)C(=S)[S-].[Cu+]. The molecule has 0 N–H and O–H groups in total. The van der Waals surface area contributed by atoms with Gasteiger partial charge in [0.15, 0.2) is 0 Å². The minimum Gasteiger partial charge on any atom is -0.410 e. The number of rotatable bonds is 2. The Bertz CT molecular complexity index is 596. The van der Waals surface area contributed by atoms with E-state index < -0.39 is 11.8 Å². The van der Waals surface area contributed by atoms with E-state index in [4.69, 9.17) is 24.8 Å². The predicted octanol–water partition coefficient (Wildman–Crippen LogP) is 2.80. The average molecular weight is 364 g/mol. The van der Waals surface area contributed by atoms with E-state index in [-0.39, 0.29) is 21.4 Å². The third-order valence-electron chi connectivity index (χ3n) is 2.63. The summed E-state index contributed by atoms with van der Waals surface area (Å²) in [5.41, 5.74) is 0.730. The molecule has 21 heavy (non-hydrogen) atoms. The van der Waals surface area contributed by atoms with Crippen molar-refractivity contribution in [2.24, 2.45) is 0 Å². The molecule has 2 amide bonds. The number of amides is 2. The Balaban J connectivity index is 0.00000220. The predicted molar refractivity (Wildman–Crippen MR) is 83.3 cm³/mol. The van der Waals surface area contributed by atoms with Crippen molar-refractivity contribution in [3.05, 3.63) is 71.8 Å². The van der Waals surface area contributed by atoms with Crippen molar-refractivity contribution in [3.63, 3.8) is 0 Å². The molecule has 0 heterocycles. The molecule has 2 rings (SSSR count). The number of hydrogen-bond donors (Lipinski definition) is 0. The maximum Gasteiger partial charge on any atom is 1.00 e. The van der Waals surface area contributed by atoms with Crippen LogP contribution in [-0.4, -0.2) is 21.0 Å². The molecule has 0 fully saturated rings. The molecule has 6 heteroatoms. The molecule has 0 radical (unpaired) electrons. The standard InChI is InChI=1S/C15H11NO2S2.Cu/c17-13(11-7-3-1-4-8-11)16(15(19)20)14(18)12-9-5-2-6-10-12;/h1-10H,(H,19,20);/q;+1/p-1. The molecule has 0 spiro atoms. The summed E-state index contributed by atoms with van der Waals surface area (Å²) >= 11 is 9.74. The molecule has 0 atom stereocenters. The number of imide groups is 1. The van der Waals surface area contributed by atoms with Gasteiger partial charge in [-0.3, -0.25) is 14.5 Å². The van der Waals surface area contributed by atoms with Crippen LogP contribution >= 0.6 is 12.2 Å². The smallest absolute Gasteiger partial charge is 0.410 e. The monoisotopic (exact) mass is 363 g/mol. The van der Waals surface area contributed by atoms with E-state index >= 15 is 0 Å². The fourth-order valence-corrected chi connectivity index (χ4v) is 2.01. The van der Waals surface area contributed by atoms with Gasteiger partial charge in [0.2, 0.25) is 0 Å². The van der Waals surface area contributed by atoms with E-state index in [9.17, 15) is 9.59 Å². The number of carbonyl (C=O) groups excluding carboxylic acids is 2. The molecule has 2 aromatic carbocycles. The van der Waals surface area contributed by atoms with Gasteiger partial charge in [-0.15, -0.1) is 0 Å². The van der Waals surface area contributed by atoms with Gasteiger partial charge in [0, 0.05) is 11.1 Å². The zero-order valence-corrected chi connectivity index (χ0v) is 13.2. The first-order valence-electron chi connectivity index (χ1n) is 5.81. The van der Waals surface area contributed by atoms with Gasteiger partial charge in [-0.25, -0.2) is 0 Å². The van der Waals surface area contributed by atoms with Gasteiger partial charge in [-0.2, -0.15) is 0 Å². The Morgan fingerprint density at radius 1 is 0.810 bits per heavy atom. The molecule has 0 saturated heterocycles. The first-order valence-corrected chi connectivity index (χ1v) is 6.63. The van der Waals surface area contributed by atoms with Crippen molar-refractivity contribution in [1.29, 1.82) is 0 Å². The summed E-state index contributed by atoms with van der Waals surface area (Å²) in [4.78, 5) is 25.5. The fraction of sp³-hybridized carbons (Fsp3) is 0. The van der Waals surface area contributed by atoms with Crippen molar-refractivity contribution in [1.82, 2.24) is 4.90 Å². The van der Waals surface area contributed by atoms with Crippen LogP contribution < -0.4 is 0 Å². The van der Waals surface area contributed by atoms with Gasteiger partial charge in [-0.1, -0.05) is 36.4 Å². The second-order valence-electron chi connectivity index (χ2n) is 3.94. The third kappa shape index (κ3) is 4.19. The normalized spacial score (nSPS) is 9.33. The van der Waals surface area contributed by atoms with Crippen LogP contribution in [-0.2, 0) is 29.7 Å². The van der Waals surface area contributed by atoms with Crippen LogP contribution in [0.1, 0.15) is 20.7 Å². The van der Waals surface area contributed by atoms with Crippen LogP contribution in [0.4, 0.5) is 0 Å². The van der Waals surface area contributed by atoms with Crippen LogP contribution in [0.25, 0.3) is 0 Å². The van der Waals surface area contributed by atoms with Gasteiger partial charge >= 0.3 is 17.1 Å². The quantitative estimate of drug-likeness (QED) is 0.356. The molecule has 3 nitrogen and oxygen atoms in total. The number of benzene rings is 2. The van der Waals surface area contributed by atoms with E-state index in [0.29, 0.717) is 11.1 Å². The summed E-state index contributed by atoms with van der Waals surface area (Å²) in [5.74, 6) is -1.03. The number of thiocarbonyl (C=S) groups is 1. The molecular weight excluding hydrogens is 354 g/mol. The van der Waals surface area contributed by atoms with Crippen molar-refractivity contribution in [3.8, 4) is 0 Å². The van der Waals surface area contributed by atoms with Gasteiger partial charge in [0.1, 0.15) is 0 Å². The maximum atomic E-state index is 12.4. The summed E-state index contributed by atoms with van der Waals surface area (Å²) in [7, 11) is 0. The summed E-state index contributed by atoms with van der Waals surface area (Å²) in [6, 6.07) is 16.9. The Morgan fingerprint density at radius 3 is 1.43 bits per heavy atom. The van der Waals surface area contributed by atoms with Crippen LogP contribution in [0.2, 0.25) is 0 Å². The molecule has 0 unspecified atom stereocenters. The fourth-order valence-electron chi connectivity index (χ4n) is 1.68. The average Bonchev–Trinajstić information content (AvgIpc) is 2.48. The van der Waals surface area contributed by atoms with E-state index in [2.05, 4.69) is 0 Å². The van der Waals surface area contributed by atoms with Crippen molar-refractivity contribution < 1.29 is 26.7 Å². The van der Waals surface area contributed by atoms with E-state index in [1.54, 1.807) is 60.7 Å². The Morgan fingerprint density at radius 2 is 1.14 bits per heavy atom. The van der Waals surface area contributed by atoms with Crippen molar-refractivity contribution in [2.75, 3.05) is 0 Å². The molecule has 0 aliphatic carbocycles. The topological polar surface area (TPSA) is 37.4 Å². The minimum absolute atomic E-state index is 0. The molecular formula is C15H10CuNO2S2. The van der Waals surface area contributed by atoms with Crippen LogP contribution in [0.5, 0.6) is 0 Å². The Hall–Kier alpha value is -1.59. The second kappa shape index (κ2) is 8.00. The summed E-state index contributed by atoms with van der Waals surface area (Å²) < 4.78 is -0.187. The van der Waals surface area contributed by atoms with Crippen LogP contribution in [0.3, 0.4) is 0 Å². The summed E-state index contributed by atoms with van der Waals surface area (Å²) in [6.07, 6.45) is 0. The van der Waals surface area contributed by atoms with Crippen molar-refractivity contribution in [2.45, 2.75) is 0 Å². The van der Waals surface area contributed by atoms with Gasteiger partial charge in [-0.05, 0) is 28.6 Å². The molecule has 2 aromatic rings. The van der Waals surface area contributed by atoms with E-state index in [0.717, 1.165) is 4.90 Å². The number of nitrogens with zero attached hydrogens (tertiary/aromatic N) is 1. The Labute approximate surface area is 144 Å². The molecule has 0 aromatic heterocycles. The van der Waals surface area contributed by atoms with Crippen molar-refractivity contribution >= 4 is 41.0 Å². The largest absolute Gasteiger partial charge is 1.00 e. The van der Waals surface area contributed by atoms with Gasteiger partial charge in [0.25, 0.3) is 11.8 Å². The Kier molecular flexibility index (Phi) is 6.65. The zero-order chi connectivity index (χ0) is 14.5. The van der Waals surface area contributed by atoms with E-state index in [1.165, 1.54) is 0 Å². The molecule has 0 aliphatic rings. The summed E-state index contributed by atoms with van der Waals surface area (Å²) in [6.45, 7) is 0. The molecule has 0 saturated carbocycles. The van der Waals surface area contributed by atoms with E-state index in [1.807, 2.05) is 0 Å². The first-order chi connectivity index (χ1) is 9.61. The second-order valence-corrected chi connectivity index (χ2v) is 4.98. The summed E-state index contributed by atoms with van der Waals surface area (Å²) in [5, 5.41) is 0. The van der Waals surface area contributed by atoms with Gasteiger partial charge in [0.05, 0.1) is 0 Å². The molecule has 0 aliphatic heterocycles. The minimum atomic E-state index is -0.514. The van der Waals surface area contributed by atoms with Crippen LogP contribution in [0.15, 0.2) is 60.7 Å². The van der Waals surface area contributed by atoms with Crippen LogP contribution in [0, 0.1) is 0 Å². The number of hydrogen-bond acceptors (Lipinski definition) is 4. The first kappa shape index (κ1) is 17.5. The molecule has 110 valence electrons. The molecule has 0 bridgehead atoms.